The second kappa shape index (κ2) is 5.06. The van der Waals surface area contributed by atoms with Crippen molar-refractivity contribution in [2.45, 2.75) is 4.21 Å². The molecule has 0 aliphatic rings. The van der Waals surface area contributed by atoms with E-state index in [-0.39, 0.29) is 15.0 Å². The molecule has 2 aromatic heterocycles. The summed E-state index contributed by atoms with van der Waals surface area (Å²) in [6.45, 7) is 0. The lowest BCUT2D eigenvalue weighted by Gasteiger charge is -2.16. The normalized spacial score (nSPS) is 11.2. The molecule has 0 fully saturated rings. The maximum absolute atomic E-state index is 12.3. The standard InChI is InChI=1S/C10H10N4O4S2/c1-13(8-4-2-3-5-12-8)20(17,18)9-6-7(14(15)16)10(11)19-9/h2-6H,11H2,1H3. The van der Waals surface area contributed by atoms with E-state index in [4.69, 9.17) is 5.73 Å². The summed E-state index contributed by atoms with van der Waals surface area (Å²) >= 11 is 0.651. The quantitative estimate of drug-likeness (QED) is 0.674. The third-order valence-electron chi connectivity index (χ3n) is 2.50. The average molecular weight is 314 g/mol. The van der Waals surface area contributed by atoms with Crippen LogP contribution in [-0.4, -0.2) is 25.4 Å². The fourth-order valence-electron chi connectivity index (χ4n) is 1.44. The fourth-order valence-corrected chi connectivity index (χ4v) is 3.98. The Hall–Kier alpha value is -2.20. The molecule has 0 aromatic carbocycles. The molecule has 2 aromatic rings. The van der Waals surface area contributed by atoms with Crippen molar-refractivity contribution in [2.75, 3.05) is 17.1 Å². The number of rotatable bonds is 4. The van der Waals surface area contributed by atoms with E-state index in [0.29, 0.717) is 11.3 Å². The number of aromatic nitrogens is 1. The average Bonchev–Trinajstić information content (AvgIpc) is 2.82. The van der Waals surface area contributed by atoms with Crippen molar-refractivity contribution in [1.29, 1.82) is 0 Å². The third-order valence-corrected chi connectivity index (χ3v) is 5.67. The van der Waals surface area contributed by atoms with Crippen molar-refractivity contribution in [1.82, 2.24) is 4.98 Å². The van der Waals surface area contributed by atoms with Crippen molar-refractivity contribution >= 4 is 37.9 Å². The first-order valence-electron chi connectivity index (χ1n) is 5.27. The Morgan fingerprint density at radius 3 is 2.65 bits per heavy atom. The molecule has 0 atom stereocenters. The van der Waals surface area contributed by atoms with E-state index in [2.05, 4.69) is 4.98 Å². The van der Waals surface area contributed by atoms with Crippen molar-refractivity contribution < 1.29 is 13.3 Å². The minimum Gasteiger partial charge on any atom is -0.385 e. The van der Waals surface area contributed by atoms with Gasteiger partial charge < -0.3 is 5.73 Å². The Morgan fingerprint density at radius 2 is 2.15 bits per heavy atom. The first-order valence-corrected chi connectivity index (χ1v) is 7.53. The Kier molecular flexibility index (Phi) is 3.59. The molecule has 0 unspecified atom stereocenters. The van der Waals surface area contributed by atoms with Gasteiger partial charge in [0.05, 0.1) is 4.92 Å². The lowest BCUT2D eigenvalue weighted by molar-refractivity contribution is -0.383. The van der Waals surface area contributed by atoms with E-state index < -0.39 is 20.6 Å². The van der Waals surface area contributed by atoms with Crippen molar-refractivity contribution in [3.05, 3.63) is 40.6 Å². The van der Waals surface area contributed by atoms with Gasteiger partial charge in [0.25, 0.3) is 10.0 Å². The number of nitro groups is 1. The first-order chi connectivity index (χ1) is 9.34. The van der Waals surface area contributed by atoms with Gasteiger partial charge in [0.15, 0.2) is 5.00 Å². The zero-order valence-electron chi connectivity index (χ0n) is 10.3. The molecular formula is C10H10N4O4S2. The highest BCUT2D eigenvalue weighted by molar-refractivity contribution is 7.94. The zero-order valence-corrected chi connectivity index (χ0v) is 11.9. The highest BCUT2D eigenvalue weighted by Gasteiger charge is 2.28. The molecule has 0 radical (unpaired) electrons. The second-order valence-electron chi connectivity index (χ2n) is 3.73. The second-order valence-corrected chi connectivity index (χ2v) is 7.01. The summed E-state index contributed by atoms with van der Waals surface area (Å²) in [5.41, 5.74) is 5.04. The number of nitrogen functional groups attached to an aromatic ring is 1. The third kappa shape index (κ3) is 2.42. The van der Waals surface area contributed by atoms with E-state index in [1.165, 1.54) is 19.3 Å². The SMILES string of the molecule is CN(c1ccccn1)S(=O)(=O)c1cc([N+](=O)[O-])c(N)s1. The summed E-state index contributed by atoms with van der Waals surface area (Å²) in [5.74, 6) is 0.210. The van der Waals surface area contributed by atoms with Crippen LogP contribution in [0.3, 0.4) is 0 Å². The first kappa shape index (κ1) is 14.2. The van der Waals surface area contributed by atoms with Crippen LogP contribution in [0.4, 0.5) is 16.5 Å². The molecule has 0 aliphatic carbocycles. The predicted molar refractivity (Wildman–Crippen MR) is 75.2 cm³/mol. The molecule has 0 saturated carbocycles. The fraction of sp³-hybridized carbons (Fsp3) is 0.100. The van der Waals surface area contributed by atoms with E-state index in [9.17, 15) is 18.5 Å². The molecule has 106 valence electrons. The number of anilines is 2. The maximum atomic E-state index is 12.3. The largest absolute Gasteiger partial charge is 0.385 e. The van der Waals surface area contributed by atoms with Gasteiger partial charge in [0.1, 0.15) is 10.0 Å². The van der Waals surface area contributed by atoms with Crippen molar-refractivity contribution in [3.8, 4) is 0 Å². The molecule has 2 rings (SSSR count). The number of nitrogens with two attached hydrogens (primary N) is 1. The molecule has 2 heterocycles. The summed E-state index contributed by atoms with van der Waals surface area (Å²) in [6, 6.07) is 5.76. The van der Waals surface area contributed by atoms with Gasteiger partial charge in [-0.3, -0.25) is 14.4 Å². The number of nitrogens with zero attached hydrogens (tertiary/aromatic N) is 3. The topological polar surface area (TPSA) is 119 Å². The van der Waals surface area contributed by atoms with Gasteiger partial charge in [-0.2, -0.15) is 0 Å². The minimum absolute atomic E-state index is 0.150. The Labute approximate surface area is 118 Å². The Bertz CT molecular complexity index is 742. The van der Waals surface area contributed by atoms with E-state index in [1.54, 1.807) is 12.1 Å². The molecule has 0 spiro atoms. The van der Waals surface area contributed by atoms with E-state index in [1.807, 2.05) is 0 Å². The van der Waals surface area contributed by atoms with Crippen LogP contribution >= 0.6 is 11.3 Å². The highest BCUT2D eigenvalue weighted by atomic mass is 32.2. The predicted octanol–water partition coefficient (Wildman–Crippen LogP) is 1.46. The molecule has 0 amide bonds. The van der Waals surface area contributed by atoms with Crippen LogP contribution in [0.25, 0.3) is 0 Å². The molecule has 10 heteroatoms. The molecule has 8 nitrogen and oxygen atoms in total. The molecular weight excluding hydrogens is 304 g/mol. The van der Waals surface area contributed by atoms with Gasteiger partial charge in [-0.05, 0) is 12.1 Å². The van der Waals surface area contributed by atoms with Gasteiger partial charge in [0, 0.05) is 19.3 Å². The van der Waals surface area contributed by atoms with Crippen LogP contribution in [0.2, 0.25) is 0 Å². The summed E-state index contributed by atoms with van der Waals surface area (Å²) in [6.07, 6.45) is 1.45. The van der Waals surface area contributed by atoms with Crippen molar-refractivity contribution in [3.63, 3.8) is 0 Å². The van der Waals surface area contributed by atoms with Crippen LogP contribution in [0.5, 0.6) is 0 Å². The number of pyridine rings is 1. The lowest BCUT2D eigenvalue weighted by atomic mass is 10.5. The molecule has 0 saturated heterocycles. The van der Waals surface area contributed by atoms with Gasteiger partial charge in [-0.15, -0.1) is 0 Å². The molecule has 2 N–H and O–H groups in total. The smallest absolute Gasteiger partial charge is 0.304 e. The van der Waals surface area contributed by atoms with Crippen LogP contribution < -0.4 is 10.0 Å². The van der Waals surface area contributed by atoms with Gasteiger partial charge in [-0.25, -0.2) is 13.4 Å². The number of thiophene rings is 1. The summed E-state index contributed by atoms with van der Waals surface area (Å²) < 4.78 is 25.4. The zero-order chi connectivity index (χ0) is 14.9. The summed E-state index contributed by atoms with van der Waals surface area (Å²) in [5, 5.41) is 10.6. The number of hydrogen-bond acceptors (Lipinski definition) is 7. The van der Waals surface area contributed by atoms with Gasteiger partial charge in [-0.1, -0.05) is 17.4 Å². The van der Waals surface area contributed by atoms with Gasteiger partial charge >= 0.3 is 5.69 Å². The minimum atomic E-state index is -3.92. The van der Waals surface area contributed by atoms with Crippen LogP contribution in [-0.2, 0) is 10.0 Å². The molecule has 0 bridgehead atoms. The van der Waals surface area contributed by atoms with Crippen molar-refractivity contribution in [2.24, 2.45) is 0 Å². The maximum Gasteiger partial charge on any atom is 0.304 e. The Morgan fingerprint density at radius 1 is 1.45 bits per heavy atom. The van der Waals surface area contributed by atoms with Gasteiger partial charge in [0.2, 0.25) is 0 Å². The van der Waals surface area contributed by atoms with Crippen LogP contribution in [0.1, 0.15) is 0 Å². The molecule has 0 aliphatic heterocycles. The monoisotopic (exact) mass is 314 g/mol. The number of hydrogen-bond donors (Lipinski definition) is 1. The summed E-state index contributed by atoms with van der Waals surface area (Å²) in [7, 11) is -2.60. The number of sulfonamides is 1. The van der Waals surface area contributed by atoms with Crippen LogP contribution in [0, 0.1) is 10.1 Å². The van der Waals surface area contributed by atoms with Crippen LogP contribution in [0.15, 0.2) is 34.7 Å². The van der Waals surface area contributed by atoms with E-state index >= 15 is 0 Å². The summed E-state index contributed by atoms with van der Waals surface area (Å²) in [4.78, 5) is 13.9. The highest BCUT2D eigenvalue weighted by Crippen LogP contribution is 2.36. The molecule has 20 heavy (non-hydrogen) atoms. The van der Waals surface area contributed by atoms with E-state index in [0.717, 1.165) is 10.4 Å². The lowest BCUT2D eigenvalue weighted by Crippen LogP contribution is -2.26. The Balaban J connectivity index is 2.46.